The average molecular weight is 362 g/mol. The fraction of sp³-hybridized carbons (Fsp3) is 0.500. The van der Waals surface area contributed by atoms with Crippen molar-refractivity contribution in [1.29, 1.82) is 0 Å². The minimum atomic E-state index is -0.159. The molecular formula is C18H26N4O2S. The van der Waals surface area contributed by atoms with E-state index < -0.39 is 0 Å². The highest BCUT2D eigenvalue weighted by molar-refractivity contribution is 7.71. The highest BCUT2D eigenvalue weighted by Crippen LogP contribution is 2.21. The zero-order valence-electron chi connectivity index (χ0n) is 15.3. The van der Waals surface area contributed by atoms with Crippen molar-refractivity contribution in [1.82, 2.24) is 20.1 Å². The van der Waals surface area contributed by atoms with Gasteiger partial charge in [0.15, 0.2) is 10.6 Å². The quantitative estimate of drug-likeness (QED) is 0.702. The van der Waals surface area contributed by atoms with E-state index in [1.165, 1.54) is 0 Å². The lowest BCUT2D eigenvalue weighted by Gasteiger charge is -2.28. The lowest BCUT2D eigenvalue weighted by Crippen LogP contribution is -2.45. The fourth-order valence-corrected chi connectivity index (χ4v) is 2.75. The fourth-order valence-electron chi connectivity index (χ4n) is 2.52. The summed E-state index contributed by atoms with van der Waals surface area (Å²) in [5.41, 5.74) is 0.758. The number of amides is 1. The summed E-state index contributed by atoms with van der Waals surface area (Å²) in [6.07, 6.45) is 2.15. The highest BCUT2D eigenvalue weighted by Gasteiger charge is 2.21. The maximum absolute atomic E-state index is 12.3. The Labute approximate surface area is 153 Å². The van der Waals surface area contributed by atoms with Crippen LogP contribution in [0.25, 0.3) is 11.4 Å². The number of ether oxygens (including phenoxy) is 1. The van der Waals surface area contributed by atoms with Gasteiger partial charge in [-0.15, -0.1) is 0 Å². The van der Waals surface area contributed by atoms with Gasteiger partial charge in [0.25, 0.3) is 0 Å². The minimum Gasteiger partial charge on any atom is -0.497 e. The van der Waals surface area contributed by atoms with Crippen LogP contribution in [-0.2, 0) is 11.3 Å². The minimum absolute atomic E-state index is 0.0231. The first-order valence-electron chi connectivity index (χ1n) is 8.53. The Hall–Kier alpha value is -2.15. The van der Waals surface area contributed by atoms with Crippen molar-refractivity contribution in [2.75, 3.05) is 7.11 Å². The van der Waals surface area contributed by atoms with Crippen LogP contribution in [-0.4, -0.2) is 33.3 Å². The number of aromatic amines is 1. The van der Waals surface area contributed by atoms with Crippen LogP contribution in [0, 0.1) is 4.77 Å². The summed E-state index contributed by atoms with van der Waals surface area (Å²) < 4.78 is 7.54. The molecule has 0 atom stereocenters. The van der Waals surface area contributed by atoms with E-state index in [2.05, 4.69) is 36.3 Å². The number of aromatic nitrogens is 3. The van der Waals surface area contributed by atoms with Crippen LogP contribution in [0.5, 0.6) is 5.75 Å². The molecule has 2 aromatic rings. The molecule has 6 nitrogen and oxygen atoms in total. The molecule has 25 heavy (non-hydrogen) atoms. The molecule has 136 valence electrons. The van der Waals surface area contributed by atoms with Gasteiger partial charge in [0.1, 0.15) is 5.75 Å². The van der Waals surface area contributed by atoms with Crippen molar-refractivity contribution in [2.24, 2.45) is 0 Å². The van der Waals surface area contributed by atoms with Crippen molar-refractivity contribution in [3.8, 4) is 17.1 Å². The molecular weight excluding hydrogens is 336 g/mol. The molecule has 1 aromatic carbocycles. The van der Waals surface area contributed by atoms with E-state index in [-0.39, 0.29) is 11.4 Å². The number of carbonyl (C=O) groups excluding carboxylic acids is 1. The second-order valence-corrected chi connectivity index (χ2v) is 6.69. The summed E-state index contributed by atoms with van der Waals surface area (Å²) in [7, 11) is 1.63. The molecule has 1 aromatic heterocycles. The number of carbonyl (C=O) groups is 1. The monoisotopic (exact) mass is 362 g/mol. The molecule has 1 heterocycles. The number of hydrogen-bond acceptors (Lipinski definition) is 4. The Morgan fingerprint density at radius 2 is 1.96 bits per heavy atom. The summed E-state index contributed by atoms with van der Waals surface area (Å²) in [6.45, 7) is 6.71. The predicted octanol–water partition coefficient (Wildman–Crippen LogP) is 3.70. The summed E-state index contributed by atoms with van der Waals surface area (Å²) in [6, 6.07) is 7.59. The third kappa shape index (κ3) is 4.69. The number of hydrogen-bond donors (Lipinski definition) is 2. The van der Waals surface area contributed by atoms with Crippen LogP contribution in [0.1, 0.15) is 40.0 Å². The zero-order chi connectivity index (χ0) is 18.4. The van der Waals surface area contributed by atoms with Gasteiger partial charge in [0.05, 0.1) is 7.11 Å². The second-order valence-electron chi connectivity index (χ2n) is 6.30. The Kier molecular flexibility index (Phi) is 6.36. The standard InChI is InChI=1S/C18H26N4O2S/c1-5-18(3,6-2)19-15(23)11-12-22-16(20-21-17(22)25)13-7-9-14(24-4)10-8-13/h7-10H,5-6,11-12H2,1-4H3,(H,19,23)(H,21,25). The molecule has 0 fully saturated rings. The van der Waals surface area contributed by atoms with Crippen molar-refractivity contribution >= 4 is 18.1 Å². The van der Waals surface area contributed by atoms with Gasteiger partial charge in [-0.2, -0.15) is 5.10 Å². The van der Waals surface area contributed by atoms with E-state index in [0.29, 0.717) is 23.6 Å². The molecule has 0 radical (unpaired) electrons. The number of methoxy groups -OCH3 is 1. The molecule has 0 unspecified atom stereocenters. The first kappa shape index (κ1) is 19.2. The van der Waals surface area contributed by atoms with Gasteiger partial charge in [-0.25, -0.2) is 0 Å². The molecule has 0 aliphatic heterocycles. The van der Waals surface area contributed by atoms with Gasteiger partial charge in [-0.05, 0) is 56.2 Å². The van der Waals surface area contributed by atoms with Gasteiger partial charge in [0.2, 0.25) is 5.91 Å². The second kappa shape index (κ2) is 8.29. The summed E-state index contributed by atoms with van der Waals surface area (Å²) in [5, 5.41) is 10.2. The van der Waals surface area contributed by atoms with Crippen LogP contribution in [0.3, 0.4) is 0 Å². The van der Waals surface area contributed by atoms with Crippen molar-refractivity contribution in [3.63, 3.8) is 0 Å². The number of nitrogens with zero attached hydrogens (tertiary/aromatic N) is 2. The SMILES string of the molecule is CCC(C)(CC)NC(=O)CCn1c(-c2ccc(OC)cc2)n[nH]c1=S. The zero-order valence-corrected chi connectivity index (χ0v) is 16.1. The highest BCUT2D eigenvalue weighted by atomic mass is 32.1. The Balaban J connectivity index is 2.11. The number of benzene rings is 1. The predicted molar refractivity (Wildman–Crippen MR) is 101 cm³/mol. The van der Waals surface area contributed by atoms with Crippen LogP contribution in [0.4, 0.5) is 0 Å². The maximum atomic E-state index is 12.3. The molecule has 0 aliphatic rings. The lowest BCUT2D eigenvalue weighted by molar-refractivity contribution is -0.123. The Bertz CT molecular complexity index is 760. The molecule has 0 saturated heterocycles. The van der Waals surface area contributed by atoms with Crippen molar-refractivity contribution in [3.05, 3.63) is 29.0 Å². The van der Waals surface area contributed by atoms with E-state index in [4.69, 9.17) is 17.0 Å². The molecule has 0 bridgehead atoms. The largest absolute Gasteiger partial charge is 0.497 e. The molecule has 0 spiro atoms. The van der Waals surface area contributed by atoms with Crippen LogP contribution in [0.15, 0.2) is 24.3 Å². The van der Waals surface area contributed by atoms with Gasteiger partial charge < -0.3 is 10.1 Å². The molecule has 2 rings (SSSR count). The molecule has 0 saturated carbocycles. The Morgan fingerprint density at radius 1 is 1.32 bits per heavy atom. The normalized spacial score (nSPS) is 11.4. The van der Waals surface area contributed by atoms with Crippen LogP contribution in [0.2, 0.25) is 0 Å². The van der Waals surface area contributed by atoms with E-state index in [1.54, 1.807) is 7.11 Å². The third-order valence-electron chi connectivity index (χ3n) is 4.67. The number of nitrogens with one attached hydrogen (secondary N) is 2. The van der Waals surface area contributed by atoms with Gasteiger partial charge in [0, 0.05) is 24.1 Å². The van der Waals surface area contributed by atoms with Gasteiger partial charge in [-0.3, -0.25) is 14.5 Å². The smallest absolute Gasteiger partial charge is 0.222 e. The molecule has 7 heteroatoms. The summed E-state index contributed by atoms with van der Waals surface area (Å²) >= 11 is 5.32. The van der Waals surface area contributed by atoms with Gasteiger partial charge in [-0.1, -0.05) is 13.8 Å². The molecule has 1 amide bonds. The number of rotatable bonds is 8. The first-order chi connectivity index (χ1) is 11.9. The molecule has 0 aliphatic carbocycles. The van der Waals surface area contributed by atoms with Crippen molar-refractivity contribution in [2.45, 2.75) is 52.1 Å². The van der Waals surface area contributed by atoms with Crippen molar-refractivity contribution < 1.29 is 9.53 Å². The maximum Gasteiger partial charge on any atom is 0.222 e. The molecule has 2 N–H and O–H groups in total. The number of H-pyrrole nitrogens is 1. The third-order valence-corrected chi connectivity index (χ3v) is 4.98. The Morgan fingerprint density at radius 3 is 2.52 bits per heavy atom. The average Bonchev–Trinajstić information content (AvgIpc) is 3.00. The first-order valence-corrected chi connectivity index (χ1v) is 8.94. The van der Waals surface area contributed by atoms with Crippen LogP contribution < -0.4 is 10.1 Å². The van der Waals surface area contributed by atoms with Crippen LogP contribution >= 0.6 is 12.2 Å². The summed E-state index contributed by atoms with van der Waals surface area (Å²) in [5.74, 6) is 1.52. The van der Waals surface area contributed by atoms with E-state index >= 15 is 0 Å². The lowest BCUT2D eigenvalue weighted by atomic mass is 9.95. The summed E-state index contributed by atoms with van der Waals surface area (Å²) in [4.78, 5) is 12.3. The van der Waals surface area contributed by atoms with E-state index in [0.717, 1.165) is 24.2 Å². The van der Waals surface area contributed by atoms with E-state index in [1.807, 2.05) is 28.8 Å². The van der Waals surface area contributed by atoms with E-state index in [9.17, 15) is 4.79 Å². The topological polar surface area (TPSA) is 71.9 Å². The van der Waals surface area contributed by atoms with Gasteiger partial charge >= 0.3 is 0 Å².